The molecule has 0 aliphatic heterocycles. The Bertz CT molecular complexity index is 1210. The molecule has 0 atom stereocenters. The summed E-state index contributed by atoms with van der Waals surface area (Å²) in [7, 11) is 1.70. The Labute approximate surface area is 198 Å². The number of amides is 1. The van der Waals surface area contributed by atoms with Crippen molar-refractivity contribution in [3.05, 3.63) is 83.2 Å². The van der Waals surface area contributed by atoms with E-state index < -0.39 is 0 Å². The maximum absolute atomic E-state index is 12.9. The number of hydrogen-bond donors (Lipinski definition) is 0. The van der Waals surface area contributed by atoms with Crippen molar-refractivity contribution in [1.82, 2.24) is 15.1 Å². The first kappa shape index (κ1) is 22.9. The molecule has 0 fully saturated rings. The van der Waals surface area contributed by atoms with Crippen LogP contribution >= 0.6 is 23.4 Å². The minimum absolute atomic E-state index is 0.0431. The highest BCUT2D eigenvalue weighted by Crippen LogP contribution is 2.25. The Morgan fingerprint density at radius 1 is 1.06 bits per heavy atom. The molecule has 4 rings (SSSR count). The lowest BCUT2D eigenvalue weighted by atomic mass is 10.2. The number of thioether (sulfide) groups is 1. The lowest BCUT2D eigenvalue weighted by molar-refractivity contribution is -0.127. The number of ether oxygens (including phenoxy) is 1. The van der Waals surface area contributed by atoms with Gasteiger partial charge < -0.3 is 18.5 Å². The summed E-state index contributed by atoms with van der Waals surface area (Å²) in [6.45, 7) is 0.370. The Balaban J connectivity index is 1.24. The number of rotatable bonds is 9. The Morgan fingerprint density at radius 3 is 2.58 bits per heavy atom. The van der Waals surface area contributed by atoms with Crippen LogP contribution in [0, 0.1) is 5.82 Å². The van der Waals surface area contributed by atoms with Crippen molar-refractivity contribution in [2.24, 2.45) is 0 Å². The van der Waals surface area contributed by atoms with Gasteiger partial charge >= 0.3 is 0 Å². The van der Waals surface area contributed by atoms with Crippen LogP contribution < -0.4 is 4.74 Å². The molecule has 2 aromatic carbocycles. The molecule has 1 amide bonds. The third-order valence-corrected chi connectivity index (χ3v) is 5.61. The first-order valence-electron chi connectivity index (χ1n) is 9.88. The first-order chi connectivity index (χ1) is 16.0. The van der Waals surface area contributed by atoms with Crippen LogP contribution in [-0.2, 0) is 17.9 Å². The molecule has 0 radical (unpaired) electrons. The average molecular weight is 488 g/mol. The molecular formula is C23H19ClFN3O4S. The lowest BCUT2D eigenvalue weighted by Gasteiger charge is -2.14. The summed E-state index contributed by atoms with van der Waals surface area (Å²) in [6, 6.07) is 16.7. The van der Waals surface area contributed by atoms with E-state index in [2.05, 4.69) is 10.2 Å². The predicted octanol–water partition coefficient (Wildman–Crippen LogP) is 5.45. The average Bonchev–Trinajstić information content (AvgIpc) is 3.47. The van der Waals surface area contributed by atoms with E-state index in [0.717, 1.165) is 17.3 Å². The maximum Gasteiger partial charge on any atom is 0.277 e. The van der Waals surface area contributed by atoms with Crippen LogP contribution in [0.2, 0.25) is 5.02 Å². The summed E-state index contributed by atoms with van der Waals surface area (Å²) in [6.07, 6.45) is 0. The number of furan rings is 1. The number of benzene rings is 2. The van der Waals surface area contributed by atoms with Gasteiger partial charge in [0.1, 0.15) is 23.1 Å². The van der Waals surface area contributed by atoms with Crippen molar-refractivity contribution in [3.63, 3.8) is 0 Å². The van der Waals surface area contributed by atoms with Gasteiger partial charge in [-0.05, 0) is 60.7 Å². The zero-order valence-corrected chi connectivity index (χ0v) is 19.1. The highest BCUT2D eigenvalue weighted by Gasteiger charge is 2.15. The van der Waals surface area contributed by atoms with Crippen LogP contribution in [0.5, 0.6) is 5.75 Å². The summed E-state index contributed by atoms with van der Waals surface area (Å²) < 4.78 is 29.7. The molecule has 0 aliphatic rings. The van der Waals surface area contributed by atoms with Crippen LogP contribution in [0.15, 0.2) is 74.7 Å². The fraction of sp³-hybridized carbons (Fsp3) is 0.174. The number of carbonyl (C=O) groups is 1. The van der Waals surface area contributed by atoms with Gasteiger partial charge in [-0.3, -0.25) is 4.79 Å². The Morgan fingerprint density at radius 2 is 1.82 bits per heavy atom. The van der Waals surface area contributed by atoms with Gasteiger partial charge in [-0.2, -0.15) is 0 Å². The van der Waals surface area contributed by atoms with E-state index in [9.17, 15) is 9.18 Å². The van der Waals surface area contributed by atoms with Gasteiger partial charge in [-0.1, -0.05) is 23.4 Å². The quantitative estimate of drug-likeness (QED) is 0.290. The number of aromatic nitrogens is 2. The Kier molecular flexibility index (Phi) is 7.31. The molecule has 0 saturated heterocycles. The normalized spacial score (nSPS) is 10.9. The van der Waals surface area contributed by atoms with Gasteiger partial charge in [0, 0.05) is 17.6 Å². The van der Waals surface area contributed by atoms with Gasteiger partial charge in [0.25, 0.3) is 11.1 Å². The van der Waals surface area contributed by atoms with E-state index in [4.69, 9.17) is 25.2 Å². The molecule has 0 spiro atoms. The molecule has 170 valence electrons. The smallest absolute Gasteiger partial charge is 0.277 e. The zero-order valence-electron chi connectivity index (χ0n) is 17.5. The van der Waals surface area contributed by atoms with Crippen LogP contribution in [0.1, 0.15) is 11.7 Å². The minimum atomic E-state index is -0.345. The molecule has 0 N–H and O–H groups in total. The first-order valence-corrected chi connectivity index (χ1v) is 11.2. The summed E-state index contributed by atoms with van der Waals surface area (Å²) in [5.74, 6) is 1.78. The van der Waals surface area contributed by atoms with Crippen LogP contribution in [-0.4, -0.2) is 33.8 Å². The fourth-order valence-corrected chi connectivity index (χ4v) is 3.67. The lowest BCUT2D eigenvalue weighted by Crippen LogP contribution is -2.27. The highest BCUT2D eigenvalue weighted by atomic mass is 35.5. The molecule has 2 aromatic heterocycles. The molecule has 0 unspecified atom stereocenters. The van der Waals surface area contributed by atoms with Crippen molar-refractivity contribution >= 4 is 29.3 Å². The second-order valence-corrected chi connectivity index (χ2v) is 8.38. The van der Waals surface area contributed by atoms with Gasteiger partial charge in [0.2, 0.25) is 5.91 Å². The van der Waals surface area contributed by atoms with E-state index in [0.29, 0.717) is 28.8 Å². The third-order valence-electron chi connectivity index (χ3n) is 4.55. The number of nitrogens with zero attached hydrogens (tertiary/aromatic N) is 3. The number of hydrogen-bond acceptors (Lipinski definition) is 7. The second kappa shape index (κ2) is 10.5. The standard InChI is InChI=1S/C23H19ClFN3O4S/c1-28(12-19-10-11-20(31-19)15-2-4-16(24)5-3-15)22(29)14-33-23-27-26-21(32-23)13-30-18-8-6-17(25)7-9-18/h2-11H,12-14H2,1H3. The largest absolute Gasteiger partial charge is 0.484 e. The van der Waals surface area contributed by atoms with Gasteiger partial charge in [-0.25, -0.2) is 4.39 Å². The maximum atomic E-state index is 12.9. The summed E-state index contributed by atoms with van der Waals surface area (Å²) >= 11 is 7.06. The minimum Gasteiger partial charge on any atom is -0.484 e. The SMILES string of the molecule is CN(Cc1ccc(-c2ccc(Cl)cc2)o1)C(=O)CSc1nnc(COc2ccc(F)cc2)o1. The fourth-order valence-electron chi connectivity index (χ4n) is 2.82. The molecular weight excluding hydrogens is 469 g/mol. The summed E-state index contributed by atoms with van der Waals surface area (Å²) in [5.41, 5.74) is 0.908. The molecule has 0 saturated carbocycles. The van der Waals surface area contributed by atoms with Crippen molar-refractivity contribution in [2.45, 2.75) is 18.4 Å². The number of halogens is 2. The number of carbonyl (C=O) groups excluding carboxylic acids is 1. The van der Waals surface area contributed by atoms with E-state index in [1.54, 1.807) is 24.1 Å². The summed E-state index contributed by atoms with van der Waals surface area (Å²) in [5, 5.41) is 8.72. The molecule has 0 aliphatic carbocycles. The van der Waals surface area contributed by atoms with Gasteiger partial charge in [-0.15, -0.1) is 10.2 Å². The van der Waals surface area contributed by atoms with Crippen LogP contribution in [0.4, 0.5) is 4.39 Å². The third kappa shape index (κ3) is 6.36. The molecule has 4 aromatic rings. The van der Waals surface area contributed by atoms with Gasteiger partial charge in [0.05, 0.1) is 12.3 Å². The summed E-state index contributed by atoms with van der Waals surface area (Å²) in [4.78, 5) is 14.0. The van der Waals surface area contributed by atoms with E-state index in [1.807, 2.05) is 24.3 Å². The van der Waals surface area contributed by atoms with E-state index in [1.165, 1.54) is 24.3 Å². The highest BCUT2D eigenvalue weighted by molar-refractivity contribution is 7.99. The van der Waals surface area contributed by atoms with Crippen molar-refractivity contribution in [3.8, 4) is 17.1 Å². The molecule has 2 heterocycles. The zero-order chi connectivity index (χ0) is 23.2. The Hall–Kier alpha value is -3.30. The van der Waals surface area contributed by atoms with E-state index >= 15 is 0 Å². The van der Waals surface area contributed by atoms with Crippen molar-refractivity contribution < 1.29 is 22.8 Å². The molecule has 10 heteroatoms. The monoisotopic (exact) mass is 487 g/mol. The van der Waals surface area contributed by atoms with Crippen molar-refractivity contribution in [2.75, 3.05) is 12.8 Å². The molecule has 0 bridgehead atoms. The second-order valence-electron chi connectivity index (χ2n) is 7.02. The topological polar surface area (TPSA) is 81.6 Å². The van der Waals surface area contributed by atoms with Crippen LogP contribution in [0.25, 0.3) is 11.3 Å². The molecule has 7 nitrogen and oxygen atoms in total. The predicted molar refractivity (Wildman–Crippen MR) is 121 cm³/mol. The van der Waals surface area contributed by atoms with Gasteiger partial charge in [0.15, 0.2) is 6.61 Å². The van der Waals surface area contributed by atoms with Crippen molar-refractivity contribution in [1.29, 1.82) is 0 Å². The van der Waals surface area contributed by atoms with E-state index in [-0.39, 0.29) is 35.2 Å². The van der Waals surface area contributed by atoms with Crippen LogP contribution in [0.3, 0.4) is 0 Å². The molecule has 33 heavy (non-hydrogen) atoms.